The number of amides is 4. The summed E-state index contributed by atoms with van der Waals surface area (Å²) < 4.78 is 0. The molecule has 1 saturated heterocycles. The number of urea groups is 1. The number of nitrogens with one attached hydrogen (secondary N) is 2. The van der Waals surface area contributed by atoms with Gasteiger partial charge >= 0.3 is 6.03 Å². The van der Waals surface area contributed by atoms with Gasteiger partial charge in [-0.15, -0.1) is 0 Å². The fourth-order valence-corrected chi connectivity index (χ4v) is 2.58. The van der Waals surface area contributed by atoms with Crippen LogP contribution >= 0.6 is 0 Å². The zero-order chi connectivity index (χ0) is 14.7. The van der Waals surface area contributed by atoms with Crippen molar-refractivity contribution in [1.29, 1.82) is 0 Å². The van der Waals surface area contributed by atoms with Crippen molar-refractivity contribution in [2.24, 2.45) is 11.5 Å². The third-order valence-corrected chi connectivity index (χ3v) is 3.73. The summed E-state index contributed by atoms with van der Waals surface area (Å²) in [6.45, 7) is 0.913. The highest BCUT2D eigenvalue weighted by Gasteiger charge is 2.43. The second kappa shape index (κ2) is 6.08. The van der Waals surface area contributed by atoms with Crippen LogP contribution in [0, 0.1) is 0 Å². The van der Waals surface area contributed by atoms with Gasteiger partial charge < -0.3 is 22.1 Å². The van der Waals surface area contributed by atoms with Crippen LogP contribution in [0.1, 0.15) is 25.7 Å². The van der Waals surface area contributed by atoms with Gasteiger partial charge in [-0.3, -0.25) is 14.5 Å². The molecular formula is C12H21N5O3. The molecule has 112 valence electrons. The summed E-state index contributed by atoms with van der Waals surface area (Å²) in [6.07, 6.45) is 3.38. The molecule has 0 bridgehead atoms. The average molecular weight is 283 g/mol. The quantitative estimate of drug-likeness (QED) is 0.431. The third kappa shape index (κ3) is 3.60. The van der Waals surface area contributed by atoms with Gasteiger partial charge in [0, 0.05) is 19.1 Å². The minimum absolute atomic E-state index is 0.161. The lowest BCUT2D eigenvalue weighted by molar-refractivity contribution is -0.136. The van der Waals surface area contributed by atoms with Crippen molar-refractivity contribution in [3.05, 3.63) is 0 Å². The molecule has 8 heteroatoms. The molecule has 4 amide bonds. The molecule has 0 aromatic heterocycles. The number of nitrogens with zero attached hydrogens (tertiary/aromatic N) is 1. The summed E-state index contributed by atoms with van der Waals surface area (Å²) in [5, 5.41) is 5.16. The number of carbonyl (C=O) groups is 3. The van der Waals surface area contributed by atoms with Crippen molar-refractivity contribution in [3.63, 3.8) is 0 Å². The van der Waals surface area contributed by atoms with Crippen LogP contribution < -0.4 is 22.1 Å². The first-order valence-corrected chi connectivity index (χ1v) is 6.87. The Balaban J connectivity index is 1.90. The van der Waals surface area contributed by atoms with E-state index in [4.69, 9.17) is 11.5 Å². The third-order valence-electron chi connectivity index (χ3n) is 3.73. The number of rotatable bonds is 6. The molecule has 0 spiro atoms. The summed E-state index contributed by atoms with van der Waals surface area (Å²) in [5.74, 6) is -0.663. The largest absolute Gasteiger partial charge is 0.368 e. The van der Waals surface area contributed by atoms with Gasteiger partial charge in [0.1, 0.15) is 6.04 Å². The van der Waals surface area contributed by atoms with Gasteiger partial charge in [-0.2, -0.15) is 0 Å². The molecule has 0 aromatic carbocycles. The van der Waals surface area contributed by atoms with Crippen molar-refractivity contribution in [2.75, 3.05) is 13.1 Å². The molecule has 8 nitrogen and oxygen atoms in total. The van der Waals surface area contributed by atoms with Crippen LogP contribution in [0.2, 0.25) is 0 Å². The van der Waals surface area contributed by atoms with Gasteiger partial charge in [0.25, 0.3) is 0 Å². The van der Waals surface area contributed by atoms with Crippen LogP contribution in [-0.2, 0) is 9.59 Å². The van der Waals surface area contributed by atoms with Crippen molar-refractivity contribution < 1.29 is 14.4 Å². The molecule has 2 fully saturated rings. The fourth-order valence-electron chi connectivity index (χ4n) is 2.58. The van der Waals surface area contributed by atoms with Crippen molar-refractivity contribution >= 4 is 17.8 Å². The number of hydrogen-bond acceptors (Lipinski definition) is 4. The zero-order valence-electron chi connectivity index (χ0n) is 11.3. The van der Waals surface area contributed by atoms with Crippen LogP contribution in [0.4, 0.5) is 4.79 Å². The van der Waals surface area contributed by atoms with E-state index >= 15 is 0 Å². The Bertz CT molecular complexity index is 410. The lowest BCUT2D eigenvalue weighted by Gasteiger charge is -2.38. The number of hydrogen-bond donors (Lipinski definition) is 4. The first-order chi connectivity index (χ1) is 9.49. The van der Waals surface area contributed by atoms with E-state index in [1.165, 1.54) is 0 Å². The van der Waals surface area contributed by atoms with E-state index in [2.05, 4.69) is 15.5 Å². The van der Waals surface area contributed by atoms with Gasteiger partial charge in [-0.25, -0.2) is 4.79 Å². The van der Waals surface area contributed by atoms with Gasteiger partial charge in [-0.1, -0.05) is 0 Å². The first kappa shape index (κ1) is 14.6. The lowest BCUT2D eigenvalue weighted by Crippen LogP contribution is -2.64. The van der Waals surface area contributed by atoms with Crippen molar-refractivity contribution in [3.8, 4) is 0 Å². The van der Waals surface area contributed by atoms with E-state index in [1.807, 2.05) is 0 Å². The van der Waals surface area contributed by atoms with Crippen LogP contribution in [0.5, 0.6) is 0 Å². The number of piperazine rings is 1. The smallest absolute Gasteiger partial charge is 0.312 e. The Kier molecular flexibility index (Phi) is 4.43. The highest BCUT2D eigenvalue weighted by molar-refractivity contribution is 5.90. The highest BCUT2D eigenvalue weighted by Crippen LogP contribution is 2.31. The topological polar surface area (TPSA) is 131 Å². The predicted molar refractivity (Wildman–Crippen MR) is 71.5 cm³/mol. The second-order valence-electron chi connectivity index (χ2n) is 5.34. The fraction of sp³-hybridized carbons (Fsp3) is 0.750. The summed E-state index contributed by atoms with van der Waals surface area (Å²) in [5.41, 5.74) is 10.3. The average Bonchev–Trinajstić information content (AvgIpc) is 3.19. The molecule has 2 aliphatic rings. The predicted octanol–water partition coefficient (Wildman–Crippen LogP) is -1.75. The SMILES string of the molecule is NC(=O)NCCC[C@H]1C(=O)N[C@@H](C(N)=O)CN1C1CC1. The molecule has 6 N–H and O–H groups in total. The van der Waals surface area contributed by atoms with Crippen LogP contribution in [0.3, 0.4) is 0 Å². The van der Waals surface area contributed by atoms with E-state index in [1.54, 1.807) is 0 Å². The lowest BCUT2D eigenvalue weighted by atomic mass is 10.0. The van der Waals surface area contributed by atoms with E-state index in [9.17, 15) is 14.4 Å². The molecule has 2 atom stereocenters. The van der Waals surface area contributed by atoms with Gasteiger partial charge in [0.05, 0.1) is 6.04 Å². The van der Waals surface area contributed by atoms with Crippen molar-refractivity contribution in [2.45, 2.75) is 43.8 Å². The minimum atomic E-state index is -0.608. The standard InChI is InChI=1S/C12H21N5O3/c13-10(18)8-6-17(7-3-4-7)9(11(19)16-8)2-1-5-15-12(14)20/h7-9H,1-6H2,(H2,13,18)(H,16,19)(H3,14,15,20)/t8-,9+/m1/s1. The van der Waals surface area contributed by atoms with E-state index in [0.717, 1.165) is 12.8 Å². The van der Waals surface area contributed by atoms with Gasteiger partial charge in [0.2, 0.25) is 11.8 Å². The molecule has 0 radical (unpaired) electrons. The molecule has 1 heterocycles. The van der Waals surface area contributed by atoms with Gasteiger partial charge in [-0.05, 0) is 25.7 Å². The highest BCUT2D eigenvalue weighted by atomic mass is 16.2. The summed E-state index contributed by atoms with van der Waals surface area (Å²) in [4.78, 5) is 36.0. The molecule has 0 aromatic rings. The molecular weight excluding hydrogens is 262 g/mol. The maximum absolute atomic E-state index is 12.1. The summed E-state index contributed by atoms with van der Waals surface area (Å²) in [6, 6.07) is -1.06. The van der Waals surface area contributed by atoms with E-state index < -0.39 is 18.0 Å². The monoisotopic (exact) mass is 283 g/mol. The van der Waals surface area contributed by atoms with E-state index in [-0.39, 0.29) is 11.9 Å². The Hall–Kier alpha value is -1.83. The van der Waals surface area contributed by atoms with Gasteiger partial charge in [0.15, 0.2) is 0 Å². The molecule has 20 heavy (non-hydrogen) atoms. The number of primary amides is 2. The van der Waals surface area contributed by atoms with Crippen molar-refractivity contribution in [1.82, 2.24) is 15.5 Å². The van der Waals surface area contributed by atoms with E-state index in [0.29, 0.717) is 32.0 Å². The zero-order valence-corrected chi connectivity index (χ0v) is 11.3. The molecule has 1 saturated carbocycles. The van der Waals surface area contributed by atoms with Crippen LogP contribution in [-0.4, -0.2) is 54.0 Å². The second-order valence-corrected chi connectivity index (χ2v) is 5.34. The maximum Gasteiger partial charge on any atom is 0.312 e. The normalized spacial score (nSPS) is 26.9. The number of nitrogens with two attached hydrogens (primary N) is 2. The summed E-state index contributed by atoms with van der Waals surface area (Å²) >= 11 is 0. The summed E-state index contributed by atoms with van der Waals surface area (Å²) in [7, 11) is 0. The molecule has 1 aliphatic carbocycles. The first-order valence-electron chi connectivity index (χ1n) is 6.87. The Labute approximate surface area is 117 Å². The molecule has 1 aliphatic heterocycles. The van der Waals surface area contributed by atoms with Crippen LogP contribution in [0.25, 0.3) is 0 Å². The van der Waals surface area contributed by atoms with Crippen LogP contribution in [0.15, 0.2) is 0 Å². The molecule has 2 rings (SSSR count). The number of carbonyl (C=O) groups excluding carboxylic acids is 3. The molecule has 0 unspecified atom stereocenters. The minimum Gasteiger partial charge on any atom is -0.368 e. The maximum atomic E-state index is 12.1. The Morgan fingerprint density at radius 1 is 1.35 bits per heavy atom. The Morgan fingerprint density at radius 2 is 2.05 bits per heavy atom. The Morgan fingerprint density at radius 3 is 2.60 bits per heavy atom.